The highest BCUT2D eigenvalue weighted by atomic mass is 79.9. The summed E-state index contributed by atoms with van der Waals surface area (Å²) in [6.07, 6.45) is 0.979. The van der Waals surface area contributed by atoms with E-state index in [1.165, 1.54) is 26.1 Å². The minimum absolute atomic E-state index is 0.921. The SMILES string of the molecule is COc1ccc2cc(Cc3cc(Br)ccc3C)sc2c1. The number of halogens is 1. The third-order valence-electron chi connectivity index (χ3n) is 3.45. The lowest BCUT2D eigenvalue weighted by molar-refractivity contribution is 0.415. The lowest BCUT2D eigenvalue weighted by Gasteiger charge is -2.04. The van der Waals surface area contributed by atoms with E-state index in [9.17, 15) is 0 Å². The average Bonchev–Trinajstić information content (AvgIpc) is 2.84. The molecule has 1 aromatic heterocycles. The van der Waals surface area contributed by atoms with E-state index in [1.54, 1.807) is 7.11 Å². The van der Waals surface area contributed by atoms with Crippen LogP contribution in [0, 0.1) is 6.92 Å². The molecule has 102 valence electrons. The standard InChI is InChI=1S/C17H15BrOS/c1-11-3-5-14(18)7-13(11)9-16-8-12-4-6-15(19-2)10-17(12)20-16/h3-8,10H,9H2,1-2H3. The molecule has 0 spiro atoms. The Morgan fingerprint density at radius 3 is 2.75 bits per heavy atom. The van der Waals surface area contributed by atoms with Crippen LogP contribution in [0.4, 0.5) is 0 Å². The van der Waals surface area contributed by atoms with Crippen molar-refractivity contribution in [3.63, 3.8) is 0 Å². The topological polar surface area (TPSA) is 9.23 Å². The van der Waals surface area contributed by atoms with E-state index in [0.717, 1.165) is 16.6 Å². The van der Waals surface area contributed by atoms with Crippen LogP contribution >= 0.6 is 27.3 Å². The third kappa shape index (κ3) is 2.74. The molecule has 0 aliphatic carbocycles. The molecule has 0 aliphatic heterocycles. The van der Waals surface area contributed by atoms with Gasteiger partial charge in [0.1, 0.15) is 5.75 Å². The van der Waals surface area contributed by atoms with Crippen molar-refractivity contribution < 1.29 is 4.74 Å². The van der Waals surface area contributed by atoms with Crippen LogP contribution in [-0.4, -0.2) is 7.11 Å². The van der Waals surface area contributed by atoms with E-state index in [-0.39, 0.29) is 0 Å². The van der Waals surface area contributed by atoms with Gasteiger partial charge in [0.05, 0.1) is 7.11 Å². The Bertz CT molecular complexity index is 761. The van der Waals surface area contributed by atoms with Crippen molar-refractivity contribution in [3.05, 3.63) is 62.9 Å². The van der Waals surface area contributed by atoms with Crippen molar-refractivity contribution in [3.8, 4) is 5.75 Å². The van der Waals surface area contributed by atoms with Crippen LogP contribution in [0.15, 0.2) is 46.9 Å². The fourth-order valence-electron chi connectivity index (χ4n) is 2.30. The number of thiophene rings is 1. The van der Waals surface area contributed by atoms with Crippen molar-refractivity contribution in [2.24, 2.45) is 0 Å². The molecule has 0 radical (unpaired) electrons. The highest BCUT2D eigenvalue weighted by Crippen LogP contribution is 2.31. The molecule has 2 aromatic carbocycles. The van der Waals surface area contributed by atoms with Crippen LogP contribution in [-0.2, 0) is 6.42 Å². The van der Waals surface area contributed by atoms with Crippen LogP contribution in [0.3, 0.4) is 0 Å². The molecule has 0 atom stereocenters. The largest absolute Gasteiger partial charge is 0.497 e. The maximum Gasteiger partial charge on any atom is 0.120 e. The number of benzene rings is 2. The number of rotatable bonds is 3. The van der Waals surface area contributed by atoms with Gasteiger partial charge in [-0.3, -0.25) is 0 Å². The normalized spacial score (nSPS) is 10.9. The first-order valence-electron chi connectivity index (χ1n) is 6.47. The van der Waals surface area contributed by atoms with Gasteiger partial charge in [-0.1, -0.05) is 22.0 Å². The van der Waals surface area contributed by atoms with E-state index in [4.69, 9.17) is 4.74 Å². The summed E-state index contributed by atoms with van der Waals surface area (Å²) in [6, 6.07) is 15.0. The van der Waals surface area contributed by atoms with Gasteiger partial charge in [0, 0.05) is 20.5 Å². The first-order valence-corrected chi connectivity index (χ1v) is 8.08. The van der Waals surface area contributed by atoms with Gasteiger partial charge in [-0.15, -0.1) is 11.3 Å². The van der Waals surface area contributed by atoms with Crippen LogP contribution in [0.1, 0.15) is 16.0 Å². The maximum absolute atomic E-state index is 5.29. The molecule has 3 rings (SSSR count). The molecule has 3 aromatic rings. The molecule has 20 heavy (non-hydrogen) atoms. The Morgan fingerprint density at radius 1 is 1.10 bits per heavy atom. The van der Waals surface area contributed by atoms with Gasteiger partial charge >= 0.3 is 0 Å². The number of hydrogen-bond acceptors (Lipinski definition) is 2. The van der Waals surface area contributed by atoms with Crippen molar-refractivity contribution in [1.29, 1.82) is 0 Å². The fraction of sp³-hybridized carbons (Fsp3) is 0.176. The molecule has 0 saturated heterocycles. The fourth-order valence-corrected chi connectivity index (χ4v) is 3.82. The van der Waals surface area contributed by atoms with Gasteiger partial charge in [0.25, 0.3) is 0 Å². The summed E-state index contributed by atoms with van der Waals surface area (Å²) < 4.78 is 7.71. The van der Waals surface area contributed by atoms with Gasteiger partial charge in [-0.05, 0) is 59.8 Å². The second kappa shape index (κ2) is 5.58. The van der Waals surface area contributed by atoms with Gasteiger partial charge in [-0.2, -0.15) is 0 Å². The molecule has 0 N–H and O–H groups in total. The highest BCUT2D eigenvalue weighted by molar-refractivity contribution is 9.10. The molecule has 0 aliphatic rings. The van der Waals surface area contributed by atoms with E-state index < -0.39 is 0 Å². The van der Waals surface area contributed by atoms with E-state index in [0.29, 0.717) is 0 Å². The molecule has 0 bridgehead atoms. The quantitative estimate of drug-likeness (QED) is 0.602. The average molecular weight is 347 g/mol. The van der Waals surface area contributed by atoms with E-state index in [1.807, 2.05) is 17.4 Å². The van der Waals surface area contributed by atoms with E-state index in [2.05, 4.69) is 59.3 Å². The number of aryl methyl sites for hydroxylation is 1. The number of methoxy groups -OCH3 is 1. The molecule has 0 saturated carbocycles. The van der Waals surface area contributed by atoms with Crippen molar-refractivity contribution >= 4 is 37.4 Å². The molecule has 1 heterocycles. The Kier molecular flexibility index (Phi) is 3.81. The maximum atomic E-state index is 5.29. The van der Waals surface area contributed by atoms with Crippen molar-refractivity contribution in [2.45, 2.75) is 13.3 Å². The van der Waals surface area contributed by atoms with Gasteiger partial charge in [0.15, 0.2) is 0 Å². The number of hydrogen-bond donors (Lipinski definition) is 0. The summed E-state index contributed by atoms with van der Waals surface area (Å²) in [7, 11) is 1.71. The lowest BCUT2D eigenvalue weighted by Crippen LogP contribution is -1.89. The zero-order valence-electron chi connectivity index (χ0n) is 11.4. The molecular formula is C17H15BrOS. The minimum atomic E-state index is 0.921. The van der Waals surface area contributed by atoms with Crippen molar-refractivity contribution in [2.75, 3.05) is 7.11 Å². The molecule has 1 nitrogen and oxygen atoms in total. The van der Waals surface area contributed by atoms with Crippen LogP contribution in [0.2, 0.25) is 0 Å². The second-order valence-electron chi connectivity index (χ2n) is 4.86. The monoisotopic (exact) mass is 346 g/mol. The Balaban J connectivity index is 1.96. The zero-order chi connectivity index (χ0) is 14.1. The summed E-state index contributed by atoms with van der Waals surface area (Å²) in [5, 5.41) is 1.29. The Labute approximate surface area is 131 Å². The second-order valence-corrected chi connectivity index (χ2v) is 6.95. The predicted octanol–water partition coefficient (Wildman–Crippen LogP) is 5.57. The lowest BCUT2D eigenvalue weighted by atomic mass is 10.1. The summed E-state index contributed by atoms with van der Waals surface area (Å²) in [5.41, 5.74) is 2.71. The zero-order valence-corrected chi connectivity index (χ0v) is 13.8. The summed E-state index contributed by atoms with van der Waals surface area (Å²) in [6.45, 7) is 2.16. The summed E-state index contributed by atoms with van der Waals surface area (Å²) in [5.74, 6) is 0.921. The summed E-state index contributed by atoms with van der Waals surface area (Å²) in [4.78, 5) is 1.38. The molecule has 0 amide bonds. The number of fused-ring (bicyclic) bond motifs is 1. The van der Waals surface area contributed by atoms with Crippen LogP contribution < -0.4 is 4.74 Å². The third-order valence-corrected chi connectivity index (χ3v) is 5.05. The van der Waals surface area contributed by atoms with Gasteiger partial charge in [0.2, 0.25) is 0 Å². The Hall–Kier alpha value is -1.32. The van der Waals surface area contributed by atoms with E-state index >= 15 is 0 Å². The Morgan fingerprint density at radius 2 is 1.95 bits per heavy atom. The molecular weight excluding hydrogens is 332 g/mol. The molecule has 0 unspecified atom stereocenters. The van der Waals surface area contributed by atoms with Gasteiger partial charge in [-0.25, -0.2) is 0 Å². The van der Waals surface area contributed by atoms with Crippen LogP contribution in [0.5, 0.6) is 5.75 Å². The smallest absolute Gasteiger partial charge is 0.120 e. The first-order chi connectivity index (χ1) is 9.65. The van der Waals surface area contributed by atoms with Crippen molar-refractivity contribution in [1.82, 2.24) is 0 Å². The molecule has 3 heteroatoms. The highest BCUT2D eigenvalue weighted by Gasteiger charge is 2.06. The molecule has 0 fully saturated rings. The number of ether oxygens (including phenoxy) is 1. The van der Waals surface area contributed by atoms with Crippen LogP contribution in [0.25, 0.3) is 10.1 Å². The van der Waals surface area contributed by atoms with Gasteiger partial charge < -0.3 is 4.74 Å². The summed E-state index contributed by atoms with van der Waals surface area (Å²) >= 11 is 5.39. The minimum Gasteiger partial charge on any atom is -0.497 e. The first kappa shape index (κ1) is 13.7. The predicted molar refractivity (Wildman–Crippen MR) is 90.1 cm³/mol.